The van der Waals surface area contributed by atoms with Gasteiger partial charge in [-0.15, -0.1) is 8.58 Å². The number of carbonyl (C=O) groups is 1. The lowest BCUT2D eigenvalue weighted by atomic mass is 10.3. The molecule has 0 aromatic carbocycles. The van der Waals surface area contributed by atoms with Gasteiger partial charge in [0, 0.05) is 6.42 Å². The summed E-state index contributed by atoms with van der Waals surface area (Å²) in [6, 6.07) is 0. The molecule has 0 fully saturated rings. The molecule has 0 amide bonds. The normalized spacial score (nSPS) is 11.1. The summed E-state index contributed by atoms with van der Waals surface area (Å²) in [5.41, 5.74) is 0. The highest BCUT2D eigenvalue weighted by Gasteiger charge is 1.99. The predicted octanol–water partition coefficient (Wildman–Crippen LogP) is 3.98. The number of ether oxygens (including phenoxy) is 1. The highest BCUT2D eigenvalue weighted by atomic mass is 31.1. The van der Waals surface area contributed by atoms with E-state index in [4.69, 9.17) is 4.74 Å². The number of hydrogen-bond donors (Lipinski definition) is 0. The fraction of sp³-hybridized carbons (Fsp3) is 0.923. The van der Waals surface area contributed by atoms with Gasteiger partial charge in [0.05, 0.1) is 6.61 Å². The van der Waals surface area contributed by atoms with Gasteiger partial charge in [0.1, 0.15) is 0 Å². The molecule has 1 atom stereocenters. The van der Waals surface area contributed by atoms with Crippen LogP contribution in [0.1, 0.15) is 58.8 Å². The average molecular weight is 246 g/mol. The van der Waals surface area contributed by atoms with E-state index >= 15 is 0 Å². The molecule has 0 radical (unpaired) electrons. The van der Waals surface area contributed by atoms with Crippen molar-refractivity contribution in [1.29, 1.82) is 0 Å². The van der Waals surface area contributed by atoms with Crippen LogP contribution in [0.4, 0.5) is 0 Å². The monoisotopic (exact) mass is 246 g/mol. The number of rotatable bonds is 11. The lowest BCUT2D eigenvalue weighted by Crippen LogP contribution is -2.05. The summed E-state index contributed by atoms with van der Waals surface area (Å²) in [5, 5.41) is 0. The van der Waals surface area contributed by atoms with Crippen molar-refractivity contribution in [3.63, 3.8) is 0 Å². The van der Waals surface area contributed by atoms with Crippen LogP contribution in [0.5, 0.6) is 0 Å². The molecule has 0 saturated carbocycles. The van der Waals surface area contributed by atoms with Gasteiger partial charge in [-0.25, -0.2) is 0 Å². The van der Waals surface area contributed by atoms with E-state index in [1.165, 1.54) is 38.0 Å². The Morgan fingerprint density at radius 1 is 1.00 bits per heavy atom. The van der Waals surface area contributed by atoms with Gasteiger partial charge in [0.15, 0.2) is 0 Å². The maximum atomic E-state index is 11.0. The van der Waals surface area contributed by atoms with E-state index < -0.39 is 0 Å². The van der Waals surface area contributed by atoms with Gasteiger partial charge in [0.2, 0.25) is 0 Å². The van der Waals surface area contributed by atoms with Gasteiger partial charge in [0.25, 0.3) is 0 Å². The molecule has 0 spiro atoms. The Kier molecular flexibility index (Phi) is 12.9. The molecule has 0 rings (SSSR count). The highest BCUT2D eigenvalue weighted by molar-refractivity contribution is 7.37. The Balaban J connectivity index is 3.01. The molecule has 2 nitrogen and oxygen atoms in total. The van der Waals surface area contributed by atoms with Gasteiger partial charge < -0.3 is 4.74 Å². The van der Waals surface area contributed by atoms with Gasteiger partial charge in [-0.2, -0.15) is 0 Å². The van der Waals surface area contributed by atoms with E-state index in [0.29, 0.717) is 13.0 Å². The first-order valence-corrected chi connectivity index (χ1v) is 8.09. The first kappa shape index (κ1) is 15.9. The molecule has 0 N–H and O–H groups in total. The molecule has 3 heteroatoms. The molecular weight excluding hydrogens is 219 g/mol. The molecular formula is C13H27O2P. The van der Waals surface area contributed by atoms with Crippen molar-refractivity contribution in [3.8, 4) is 0 Å². The summed E-state index contributed by atoms with van der Waals surface area (Å²) in [6.45, 7) is 4.87. The number of carbonyl (C=O) groups excluding carboxylic acids is 1. The van der Waals surface area contributed by atoms with Crippen LogP contribution < -0.4 is 0 Å². The quantitative estimate of drug-likeness (QED) is 0.313. The maximum Gasteiger partial charge on any atom is 0.305 e. The average Bonchev–Trinajstić information content (AvgIpc) is 2.27. The molecule has 0 aliphatic carbocycles. The van der Waals surface area contributed by atoms with E-state index in [1.54, 1.807) is 0 Å². The Bertz CT molecular complexity index is 160. The number of esters is 1. The van der Waals surface area contributed by atoms with E-state index in [0.717, 1.165) is 21.4 Å². The zero-order valence-corrected chi connectivity index (χ0v) is 11.9. The smallest absolute Gasteiger partial charge is 0.305 e. The lowest BCUT2D eigenvalue weighted by Gasteiger charge is -2.04. The van der Waals surface area contributed by atoms with Crippen LogP contribution >= 0.6 is 8.58 Å². The van der Waals surface area contributed by atoms with Gasteiger partial charge in [-0.05, 0) is 38.0 Å². The molecule has 0 aromatic heterocycles. The van der Waals surface area contributed by atoms with E-state index in [9.17, 15) is 4.79 Å². The second-order valence-electron chi connectivity index (χ2n) is 4.13. The summed E-state index contributed by atoms with van der Waals surface area (Å²) in [5.74, 6) is -0.0344. The predicted molar refractivity (Wildman–Crippen MR) is 72.7 cm³/mol. The Morgan fingerprint density at radius 2 is 1.69 bits per heavy atom. The molecule has 0 aromatic rings. The molecule has 16 heavy (non-hydrogen) atoms. The first-order valence-electron chi connectivity index (χ1n) is 6.67. The van der Waals surface area contributed by atoms with Crippen LogP contribution in [0.2, 0.25) is 0 Å². The van der Waals surface area contributed by atoms with E-state index in [-0.39, 0.29) is 5.97 Å². The fourth-order valence-electron chi connectivity index (χ4n) is 1.44. The fourth-order valence-corrected chi connectivity index (χ4v) is 2.69. The molecule has 1 unspecified atom stereocenters. The molecule has 0 aliphatic rings. The Labute approximate surface area is 102 Å². The third kappa shape index (κ3) is 12.0. The minimum Gasteiger partial charge on any atom is -0.466 e. The third-order valence-corrected chi connectivity index (χ3v) is 3.84. The highest BCUT2D eigenvalue weighted by Crippen LogP contribution is 2.15. The molecule has 96 valence electrons. The van der Waals surface area contributed by atoms with Crippen molar-refractivity contribution in [2.24, 2.45) is 0 Å². The maximum absolute atomic E-state index is 11.0. The third-order valence-electron chi connectivity index (χ3n) is 2.42. The molecule has 0 saturated heterocycles. The van der Waals surface area contributed by atoms with Crippen molar-refractivity contribution in [2.75, 3.05) is 18.9 Å². The summed E-state index contributed by atoms with van der Waals surface area (Å²) in [4.78, 5) is 11.0. The Morgan fingerprint density at radius 3 is 2.31 bits per heavy atom. The van der Waals surface area contributed by atoms with Crippen LogP contribution in [0, 0.1) is 0 Å². The summed E-state index contributed by atoms with van der Waals surface area (Å²) < 4.78 is 5.09. The SMILES string of the molecule is CCCCCPCCCCOC(=O)CCC. The number of hydrogen-bond acceptors (Lipinski definition) is 2. The molecule has 0 bridgehead atoms. The number of unbranched alkanes of at least 4 members (excludes halogenated alkanes) is 3. The standard InChI is InChI=1S/C13H27O2P/c1-3-5-7-11-16-12-8-6-10-15-13(14)9-4-2/h16H,3-12H2,1-2H3. The largest absolute Gasteiger partial charge is 0.466 e. The summed E-state index contributed by atoms with van der Waals surface area (Å²) >= 11 is 0. The minimum atomic E-state index is -0.0344. The first-order chi connectivity index (χ1) is 7.81. The van der Waals surface area contributed by atoms with Crippen molar-refractivity contribution in [2.45, 2.75) is 58.8 Å². The van der Waals surface area contributed by atoms with Crippen molar-refractivity contribution >= 4 is 14.6 Å². The second kappa shape index (κ2) is 13.0. The molecule has 0 heterocycles. The summed E-state index contributed by atoms with van der Waals surface area (Å²) in [7, 11) is 1.11. The minimum absolute atomic E-state index is 0.0344. The lowest BCUT2D eigenvalue weighted by molar-refractivity contribution is -0.143. The van der Waals surface area contributed by atoms with Crippen molar-refractivity contribution in [1.82, 2.24) is 0 Å². The van der Waals surface area contributed by atoms with E-state index in [1.807, 2.05) is 6.92 Å². The molecule has 0 aliphatic heterocycles. The van der Waals surface area contributed by atoms with Crippen LogP contribution in [-0.2, 0) is 9.53 Å². The zero-order valence-electron chi connectivity index (χ0n) is 10.9. The van der Waals surface area contributed by atoms with Crippen LogP contribution in [0.25, 0.3) is 0 Å². The Hall–Kier alpha value is -0.100. The van der Waals surface area contributed by atoms with Gasteiger partial charge >= 0.3 is 5.97 Å². The zero-order chi connectivity index (χ0) is 12.1. The van der Waals surface area contributed by atoms with Crippen molar-refractivity contribution in [3.05, 3.63) is 0 Å². The van der Waals surface area contributed by atoms with Crippen LogP contribution in [-0.4, -0.2) is 24.9 Å². The summed E-state index contributed by atoms with van der Waals surface area (Å²) in [6.07, 6.45) is 10.5. The van der Waals surface area contributed by atoms with Crippen LogP contribution in [0.3, 0.4) is 0 Å². The van der Waals surface area contributed by atoms with Gasteiger partial charge in [-0.3, -0.25) is 4.79 Å². The van der Waals surface area contributed by atoms with Crippen LogP contribution in [0.15, 0.2) is 0 Å². The second-order valence-corrected chi connectivity index (χ2v) is 5.63. The topological polar surface area (TPSA) is 26.3 Å². The van der Waals surface area contributed by atoms with Gasteiger partial charge in [-0.1, -0.05) is 26.7 Å². The van der Waals surface area contributed by atoms with E-state index in [2.05, 4.69) is 6.92 Å². The van der Waals surface area contributed by atoms with Crippen molar-refractivity contribution < 1.29 is 9.53 Å².